The van der Waals surface area contributed by atoms with Gasteiger partial charge >= 0.3 is 0 Å². The van der Waals surface area contributed by atoms with Crippen LogP contribution in [0.2, 0.25) is 15.1 Å². The van der Waals surface area contributed by atoms with Gasteiger partial charge in [-0.05, 0) is 74.7 Å². The van der Waals surface area contributed by atoms with Crippen molar-refractivity contribution in [1.82, 2.24) is 10.2 Å². The smallest absolute Gasteiger partial charge is 0.264 e. The minimum atomic E-state index is -4.28. The Morgan fingerprint density at radius 3 is 2.02 bits per heavy atom. The van der Waals surface area contributed by atoms with Gasteiger partial charge in [-0.3, -0.25) is 13.9 Å². The fourth-order valence-corrected chi connectivity index (χ4v) is 7.22. The molecular weight excluding hydrogens is 677 g/mol. The van der Waals surface area contributed by atoms with E-state index < -0.39 is 28.5 Å². The van der Waals surface area contributed by atoms with Crippen LogP contribution in [0.3, 0.4) is 0 Å². The van der Waals surface area contributed by atoms with Crippen molar-refractivity contribution in [3.8, 4) is 0 Å². The van der Waals surface area contributed by atoms with Crippen molar-refractivity contribution in [1.29, 1.82) is 0 Å². The van der Waals surface area contributed by atoms with Gasteiger partial charge in [-0.1, -0.05) is 102 Å². The molecule has 0 radical (unpaired) electrons. The van der Waals surface area contributed by atoms with Gasteiger partial charge in [0.1, 0.15) is 12.6 Å². The summed E-state index contributed by atoms with van der Waals surface area (Å²) in [5, 5.41) is 3.98. The summed E-state index contributed by atoms with van der Waals surface area (Å²) in [6, 6.07) is 24.4. The second kappa shape index (κ2) is 16.0. The maximum Gasteiger partial charge on any atom is 0.264 e. The van der Waals surface area contributed by atoms with Gasteiger partial charge in [-0.2, -0.15) is 0 Å². The van der Waals surface area contributed by atoms with Crippen LogP contribution >= 0.6 is 34.8 Å². The molecule has 0 bridgehead atoms. The average molecular weight is 715 g/mol. The van der Waals surface area contributed by atoms with Crippen molar-refractivity contribution in [2.45, 2.75) is 64.1 Å². The monoisotopic (exact) mass is 713 g/mol. The van der Waals surface area contributed by atoms with E-state index in [1.165, 1.54) is 17.0 Å². The third kappa shape index (κ3) is 8.87. The number of anilines is 1. The predicted molar refractivity (Wildman–Crippen MR) is 191 cm³/mol. The SMILES string of the molecule is CC[C@H](C)NC(=O)[C@H](Cc1ccccc1)N(Cc1c(Cl)cccc1Cl)C(=O)CN(c1cccc(Cl)c1C)S(=O)(=O)c1ccc(C)cc1. The highest BCUT2D eigenvalue weighted by atomic mass is 35.5. The van der Waals surface area contributed by atoms with Crippen LogP contribution in [0.15, 0.2) is 95.9 Å². The van der Waals surface area contributed by atoms with Crippen LogP contribution in [-0.4, -0.2) is 43.8 Å². The van der Waals surface area contributed by atoms with E-state index in [1.807, 2.05) is 51.1 Å². The summed E-state index contributed by atoms with van der Waals surface area (Å²) in [5.74, 6) is -1.01. The summed E-state index contributed by atoms with van der Waals surface area (Å²) in [5.41, 5.74) is 2.85. The normalized spacial score (nSPS) is 12.7. The first kappa shape index (κ1) is 36.3. The molecule has 4 aromatic rings. The number of hydrogen-bond donors (Lipinski definition) is 1. The number of aryl methyl sites for hydroxylation is 1. The van der Waals surface area contributed by atoms with Gasteiger partial charge in [-0.15, -0.1) is 0 Å². The van der Waals surface area contributed by atoms with Crippen molar-refractivity contribution in [3.05, 3.63) is 128 Å². The zero-order valence-electron chi connectivity index (χ0n) is 26.7. The van der Waals surface area contributed by atoms with Crippen molar-refractivity contribution >= 4 is 62.3 Å². The molecule has 0 fully saturated rings. The lowest BCUT2D eigenvalue weighted by Gasteiger charge is -2.35. The molecule has 0 aromatic heterocycles. The van der Waals surface area contributed by atoms with Crippen LogP contribution in [0.25, 0.3) is 0 Å². The molecule has 0 spiro atoms. The molecule has 2 amide bonds. The Morgan fingerprint density at radius 2 is 1.40 bits per heavy atom. The van der Waals surface area contributed by atoms with Crippen molar-refractivity contribution in [2.75, 3.05) is 10.8 Å². The number of nitrogens with one attached hydrogen (secondary N) is 1. The summed E-state index contributed by atoms with van der Waals surface area (Å²) in [6.45, 7) is 6.61. The highest BCUT2D eigenvalue weighted by molar-refractivity contribution is 7.92. The Labute approximate surface area is 292 Å². The second-order valence-corrected chi connectivity index (χ2v) is 14.5. The number of nitrogens with zero attached hydrogens (tertiary/aromatic N) is 2. The quantitative estimate of drug-likeness (QED) is 0.152. The van der Waals surface area contributed by atoms with Crippen LogP contribution < -0.4 is 9.62 Å². The number of carbonyl (C=O) groups is 2. The van der Waals surface area contributed by atoms with E-state index in [4.69, 9.17) is 34.8 Å². The maximum atomic E-state index is 14.7. The van der Waals surface area contributed by atoms with E-state index in [0.717, 1.165) is 15.4 Å². The van der Waals surface area contributed by atoms with E-state index in [-0.39, 0.29) is 35.5 Å². The van der Waals surface area contributed by atoms with Crippen LogP contribution in [0.4, 0.5) is 5.69 Å². The third-order valence-electron chi connectivity index (χ3n) is 8.06. The van der Waals surface area contributed by atoms with Crippen LogP contribution in [0.5, 0.6) is 0 Å². The highest BCUT2D eigenvalue weighted by Crippen LogP contribution is 2.32. The molecule has 1 N–H and O–H groups in total. The lowest BCUT2D eigenvalue weighted by atomic mass is 10.0. The molecule has 0 saturated carbocycles. The number of benzene rings is 4. The number of rotatable bonds is 13. The first-order chi connectivity index (χ1) is 22.3. The minimum absolute atomic E-state index is 0.00585. The molecule has 0 aliphatic carbocycles. The number of hydrogen-bond acceptors (Lipinski definition) is 4. The molecule has 11 heteroatoms. The zero-order chi connectivity index (χ0) is 34.3. The Morgan fingerprint density at radius 1 is 0.809 bits per heavy atom. The highest BCUT2D eigenvalue weighted by Gasteiger charge is 2.36. The standard InChI is InChI=1S/C36H38Cl3N3O4S/c1-5-25(3)40-36(44)34(21-27-11-7-6-8-12-27)41(22-29-31(38)14-9-15-32(29)39)35(43)23-42(33-16-10-13-30(37)26(33)4)47(45,46)28-19-17-24(2)18-20-28/h6-20,25,34H,5,21-23H2,1-4H3,(H,40,44)/t25-,34-/m0/s1. The number of sulfonamides is 1. The van der Waals surface area contributed by atoms with E-state index >= 15 is 0 Å². The maximum absolute atomic E-state index is 14.7. The van der Waals surface area contributed by atoms with Gasteiger partial charge in [0.05, 0.1) is 10.6 Å². The first-order valence-corrected chi connectivity index (χ1v) is 17.8. The molecule has 0 aliphatic heterocycles. The Balaban J connectivity index is 1.87. The molecule has 0 unspecified atom stereocenters. The van der Waals surface area contributed by atoms with Crippen LogP contribution in [0, 0.1) is 13.8 Å². The number of amides is 2. The van der Waals surface area contributed by atoms with Gasteiger partial charge < -0.3 is 10.2 Å². The van der Waals surface area contributed by atoms with Crippen molar-refractivity contribution in [2.24, 2.45) is 0 Å². The zero-order valence-corrected chi connectivity index (χ0v) is 29.8. The molecule has 4 rings (SSSR count). The van der Waals surface area contributed by atoms with Gasteiger partial charge in [0.25, 0.3) is 10.0 Å². The Hall–Kier alpha value is -3.56. The second-order valence-electron chi connectivity index (χ2n) is 11.5. The Kier molecular flexibility index (Phi) is 12.4. The molecule has 0 saturated heterocycles. The van der Waals surface area contributed by atoms with Gasteiger partial charge in [0.2, 0.25) is 11.8 Å². The number of halogens is 3. The van der Waals surface area contributed by atoms with Crippen LogP contribution in [0.1, 0.15) is 42.5 Å². The fourth-order valence-electron chi connectivity index (χ4n) is 5.07. The lowest BCUT2D eigenvalue weighted by Crippen LogP contribution is -2.54. The lowest BCUT2D eigenvalue weighted by molar-refractivity contribution is -0.140. The molecule has 47 heavy (non-hydrogen) atoms. The molecule has 2 atom stereocenters. The van der Waals surface area contributed by atoms with Crippen molar-refractivity contribution < 1.29 is 18.0 Å². The number of carbonyl (C=O) groups excluding carboxylic acids is 2. The third-order valence-corrected chi connectivity index (χ3v) is 10.9. The molecule has 248 valence electrons. The topological polar surface area (TPSA) is 86.8 Å². The fraction of sp³-hybridized carbons (Fsp3) is 0.278. The summed E-state index contributed by atoms with van der Waals surface area (Å²) in [7, 11) is -4.28. The molecule has 0 aliphatic rings. The van der Waals surface area contributed by atoms with Crippen molar-refractivity contribution in [3.63, 3.8) is 0 Å². The summed E-state index contributed by atoms with van der Waals surface area (Å²) in [4.78, 5) is 30.1. The minimum Gasteiger partial charge on any atom is -0.352 e. The van der Waals surface area contributed by atoms with E-state index in [2.05, 4.69) is 5.32 Å². The van der Waals surface area contributed by atoms with E-state index in [9.17, 15) is 18.0 Å². The molecule has 4 aromatic carbocycles. The van der Waals surface area contributed by atoms with Crippen LogP contribution in [-0.2, 0) is 32.6 Å². The van der Waals surface area contributed by atoms with E-state index in [0.29, 0.717) is 32.6 Å². The van der Waals surface area contributed by atoms with Gasteiger partial charge in [0, 0.05) is 39.6 Å². The van der Waals surface area contributed by atoms with Gasteiger partial charge in [-0.25, -0.2) is 8.42 Å². The molecular formula is C36H38Cl3N3O4S. The summed E-state index contributed by atoms with van der Waals surface area (Å²) < 4.78 is 29.7. The first-order valence-electron chi connectivity index (χ1n) is 15.2. The summed E-state index contributed by atoms with van der Waals surface area (Å²) in [6.07, 6.45) is 0.836. The predicted octanol–water partition coefficient (Wildman–Crippen LogP) is 8.01. The summed E-state index contributed by atoms with van der Waals surface area (Å²) >= 11 is 19.6. The van der Waals surface area contributed by atoms with E-state index in [1.54, 1.807) is 55.5 Å². The molecule has 7 nitrogen and oxygen atoms in total. The Bertz CT molecular complexity index is 1800. The largest absolute Gasteiger partial charge is 0.352 e. The molecule has 0 heterocycles. The average Bonchev–Trinajstić information content (AvgIpc) is 3.04. The van der Waals surface area contributed by atoms with Gasteiger partial charge in [0.15, 0.2) is 0 Å².